The van der Waals surface area contributed by atoms with Gasteiger partial charge in [0.1, 0.15) is 11.4 Å². The Morgan fingerprint density at radius 3 is 2.81 bits per heavy atom. The van der Waals surface area contributed by atoms with Crippen molar-refractivity contribution in [3.05, 3.63) is 66.2 Å². The van der Waals surface area contributed by atoms with Crippen LogP contribution in [-0.4, -0.2) is 19.9 Å². The van der Waals surface area contributed by atoms with Gasteiger partial charge in [-0.3, -0.25) is 4.98 Å². The lowest BCUT2D eigenvalue weighted by Gasteiger charge is -2.12. The first-order valence-electron chi connectivity index (χ1n) is 6.72. The molecule has 2 heterocycles. The number of aromatic nitrogens is 3. The van der Waals surface area contributed by atoms with Crippen LogP contribution in [0.15, 0.2) is 54.9 Å². The van der Waals surface area contributed by atoms with Crippen LogP contribution in [0, 0.1) is 6.92 Å². The molecule has 5 heteroatoms. The number of para-hydroxylation sites is 2. The molecule has 3 rings (SSSR count). The minimum absolute atomic E-state index is 0.199. The van der Waals surface area contributed by atoms with Gasteiger partial charge in [0.15, 0.2) is 0 Å². The zero-order valence-electron chi connectivity index (χ0n) is 11.7. The number of nitrogens with zero attached hydrogens (tertiary/aromatic N) is 3. The molecule has 3 aromatic rings. The van der Waals surface area contributed by atoms with Crippen LogP contribution in [0.3, 0.4) is 0 Å². The predicted octanol–water partition coefficient (Wildman–Crippen LogP) is 2.89. The summed E-state index contributed by atoms with van der Waals surface area (Å²) in [4.78, 5) is 4.35. The van der Waals surface area contributed by atoms with Crippen molar-refractivity contribution in [1.82, 2.24) is 14.8 Å². The summed E-state index contributed by atoms with van der Waals surface area (Å²) >= 11 is 0. The molecule has 0 aliphatic carbocycles. The molecule has 0 aliphatic heterocycles. The zero-order chi connectivity index (χ0) is 14.7. The van der Waals surface area contributed by atoms with Gasteiger partial charge >= 0.3 is 0 Å². The van der Waals surface area contributed by atoms with Crippen LogP contribution in [0.25, 0.3) is 5.69 Å². The number of rotatable bonds is 4. The Morgan fingerprint density at radius 1 is 1.14 bits per heavy atom. The fourth-order valence-corrected chi connectivity index (χ4v) is 2.15. The van der Waals surface area contributed by atoms with Crippen LogP contribution in [0.5, 0.6) is 5.75 Å². The van der Waals surface area contributed by atoms with Gasteiger partial charge in [-0.1, -0.05) is 12.1 Å². The maximum absolute atomic E-state index is 9.85. The summed E-state index contributed by atoms with van der Waals surface area (Å²) in [5.41, 5.74) is 3.40. The van der Waals surface area contributed by atoms with Gasteiger partial charge in [-0.25, -0.2) is 4.68 Å². The predicted molar refractivity (Wildman–Crippen MR) is 81.5 cm³/mol. The molecule has 5 nitrogen and oxygen atoms in total. The molecule has 2 aromatic heterocycles. The molecule has 0 spiro atoms. The van der Waals surface area contributed by atoms with Crippen molar-refractivity contribution in [3.8, 4) is 11.4 Å². The van der Waals surface area contributed by atoms with E-state index >= 15 is 0 Å². The smallest absolute Gasteiger partial charge is 0.138 e. The summed E-state index contributed by atoms with van der Waals surface area (Å²) in [5, 5.41) is 17.4. The van der Waals surface area contributed by atoms with Crippen LogP contribution >= 0.6 is 0 Å². The van der Waals surface area contributed by atoms with E-state index in [0.29, 0.717) is 12.2 Å². The van der Waals surface area contributed by atoms with Gasteiger partial charge in [0, 0.05) is 18.1 Å². The Balaban J connectivity index is 1.84. The highest BCUT2D eigenvalue weighted by Gasteiger charge is 2.07. The fourth-order valence-electron chi connectivity index (χ4n) is 2.15. The Morgan fingerprint density at radius 2 is 2.00 bits per heavy atom. The number of hydrogen-bond acceptors (Lipinski definition) is 4. The van der Waals surface area contributed by atoms with Gasteiger partial charge in [-0.2, -0.15) is 5.10 Å². The van der Waals surface area contributed by atoms with Gasteiger partial charge in [0.05, 0.1) is 17.9 Å². The number of benzene rings is 1. The molecular weight excluding hydrogens is 264 g/mol. The quantitative estimate of drug-likeness (QED) is 0.771. The first-order chi connectivity index (χ1) is 10.2. The second-order valence-electron chi connectivity index (χ2n) is 4.74. The average molecular weight is 280 g/mol. The number of nitrogens with one attached hydrogen (secondary N) is 1. The van der Waals surface area contributed by atoms with E-state index in [0.717, 1.165) is 17.1 Å². The third-order valence-corrected chi connectivity index (χ3v) is 3.19. The number of aromatic hydroxyl groups is 1. The number of hydrogen-bond donors (Lipinski definition) is 2. The van der Waals surface area contributed by atoms with Crippen molar-refractivity contribution in [1.29, 1.82) is 0 Å². The maximum Gasteiger partial charge on any atom is 0.138 e. The highest BCUT2D eigenvalue weighted by Crippen LogP contribution is 2.21. The highest BCUT2D eigenvalue weighted by atomic mass is 16.3. The molecule has 2 N–H and O–H groups in total. The van der Waals surface area contributed by atoms with Crippen LogP contribution in [0.2, 0.25) is 0 Å². The minimum Gasteiger partial charge on any atom is -0.506 e. The van der Waals surface area contributed by atoms with Gasteiger partial charge in [-0.15, -0.1) is 0 Å². The van der Waals surface area contributed by atoms with Crippen molar-refractivity contribution >= 4 is 5.69 Å². The number of anilines is 1. The Hall–Kier alpha value is -2.82. The van der Waals surface area contributed by atoms with Crippen LogP contribution in [0.1, 0.15) is 11.4 Å². The summed E-state index contributed by atoms with van der Waals surface area (Å²) in [5.74, 6) is 0.199. The van der Waals surface area contributed by atoms with Gasteiger partial charge in [0.25, 0.3) is 0 Å². The summed E-state index contributed by atoms with van der Waals surface area (Å²) < 4.78 is 1.80. The number of aryl methyl sites for hydroxylation is 1. The van der Waals surface area contributed by atoms with Crippen molar-refractivity contribution in [3.63, 3.8) is 0 Å². The molecule has 0 bridgehead atoms. The fraction of sp³-hybridized carbons (Fsp3) is 0.125. The summed E-state index contributed by atoms with van der Waals surface area (Å²) in [6, 6.07) is 13.2. The number of pyridine rings is 1. The van der Waals surface area contributed by atoms with Crippen LogP contribution < -0.4 is 5.32 Å². The second-order valence-corrected chi connectivity index (χ2v) is 4.74. The molecule has 1 aromatic carbocycles. The molecule has 0 atom stereocenters. The summed E-state index contributed by atoms with van der Waals surface area (Å²) in [6.45, 7) is 2.35. The van der Waals surface area contributed by atoms with E-state index in [4.69, 9.17) is 0 Å². The van der Waals surface area contributed by atoms with E-state index in [-0.39, 0.29) is 5.75 Å². The normalized spacial score (nSPS) is 10.5. The van der Waals surface area contributed by atoms with E-state index in [2.05, 4.69) is 15.4 Å². The molecule has 0 fully saturated rings. The monoisotopic (exact) mass is 280 g/mol. The molecule has 21 heavy (non-hydrogen) atoms. The topological polar surface area (TPSA) is 63.0 Å². The lowest BCUT2D eigenvalue weighted by atomic mass is 10.2. The van der Waals surface area contributed by atoms with E-state index in [1.807, 2.05) is 43.5 Å². The van der Waals surface area contributed by atoms with Crippen molar-refractivity contribution in [2.75, 3.05) is 5.32 Å². The molecular formula is C16H16N4O. The standard InChI is InChI=1S/C16H16N4O/c1-12-7-8-16(21)14(19-12)11-17-13-5-2-3-6-15(13)20-10-4-9-18-20/h2-10,17,21H,11H2,1H3. The van der Waals surface area contributed by atoms with Gasteiger partial charge < -0.3 is 10.4 Å². The van der Waals surface area contributed by atoms with E-state index < -0.39 is 0 Å². The van der Waals surface area contributed by atoms with E-state index in [9.17, 15) is 5.11 Å². The third kappa shape index (κ3) is 2.86. The Labute approximate surface area is 122 Å². The minimum atomic E-state index is 0.199. The largest absolute Gasteiger partial charge is 0.506 e. The Kier molecular flexibility index (Phi) is 3.55. The van der Waals surface area contributed by atoms with E-state index in [1.54, 1.807) is 23.0 Å². The van der Waals surface area contributed by atoms with Crippen molar-refractivity contribution in [2.45, 2.75) is 13.5 Å². The SMILES string of the molecule is Cc1ccc(O)c(CNc2ccccc2-n2cccn2)n1. The highest BCUT2D eigenvalue weighted by molar-refractivity contribution is 5.60. The maximum atomic E-state index is 9.85. The molecule has 0 saturated carbocycles. The lowest BCUT2D eigenvalue weighted by molar-refractivity contribution is 0.464. The molecule has 0 amide bonds. The average Bonchev–Trinajstić information content (AvgIpc) is 3.03. The van der Waals surface area contributed by atoms with Gasteiger partial charge in [-0.05, 0) is 37.3 Å². The molecule has 0 unspecified atom stereocenters. The van der Waals surface area contributed by atoms with Crippen molar-refractivity contribution < 1.29 is 5.11 Å². The molecule has 0 aliphatic rings. The summed E-state index contributed by atoms with van der Waals surface area (Å²) in [7, 11) is 0. The zero-order valence-corrected chi connectivity index (χ0v) is 11.7. The molecule has 0 radical (unpaired) electrons. The van der Waals surface area contributed by atoms with Crippen LogP contribution in [0.4, 0.5) is 5.69 Å². The lowest BCUT2D eigenvalue weighted by Crippen LogP contribution is -2.06. The Bertz CT molecular complexity index is 738. The van der Waals surface area contributed by atoms with Gasteiger partial charge in [0.2, 0.25) is 0 Å². The molecule has 0 saturated heterocycles. The van der Waals surface area contributed by atoms with Crippen LogP contribution in [-0.2, 0) is 6.54 Å². The first kappa shape index (κ1) is 13.2. The first-order valence-corrected chi connectivity index (χ1v) is 6.72. The molecule has 106 valence electrons. The second kappa shape index (κ2) is 5.66. The third-order valence-electron chi connectivity index (χ3n) is 3.19. The summed E-state index contributed by atoms with van der Waals surface area (Å²) in [6.07, 6.45) is 3.63. The van der Waals surface area contributed by atoms with E-state index in [1.165, 1.54) is 0 Å². The van der Waals surface area contributed by atoms with Crippen molar-refractivity contribution in [2.24, 2.45) is 0 Å².